The topological polar surface area (TPSA) is 66.8 Å². The number of esters is 1. The highest BCUT2D eigenvalue weighted by atomic mass is 16.6. The van der Waals surface area contributed by atoms with Crippen LogP contribution in [0.3, 0.4) is 0 Å². The Hall–Kier alpha value is -2.33. The number of carbonyl (C=O) groups excluding carboxylic acids is 1. The third-order valence-electron chi connectivity index (χ3n) is 4.80. The Morgan fingerprint density at radius 2 is 1.67 bits per heavy atom. The molecule has 1 atom stereocenters. The van der Waals surface area contributed by atoms with Gasteiger partial charge in [0.05, 0.1) is 5.56 Å². The van der Waals surface area contributed by atoms with Crippen LogP contribution in [0.2, 0.25) is 0 Å². The number of phenolic OH excluding ortho intramolecular Hbond substituents is 1. The molecule has 1 aromatic rings. The molecule has 0 saturated heterocycles. The van der Waals surface area contributed by atoms with Gasteiger partial charge in [-0.3, -0.25) is 0 Å². The summed E-state index contributed by atoms with van der Waals surface area (Å²) in [5, 5.41) is 20.1. The highest BCUT2D eigenvalue weighted by molar-refractivity contribution is 5.94. The van der Waals surface area contributed by atoms with Gasteiger partial charge in [0, 0.05) is 11.1 Å². The van der Waals surface area contributed by atoms with E-state index in [4.69, 9.17) is 4.74 Å². The van der Waals surface area contributed by atoms with Gasteiger partial charge < -0.3 is 14.9 Å². The number of carbonyl (C=O) groups is 1. The van der Waals surface area contributed by atoms with E-state index in [9.17, 15) is 15.0 Å². The minimum absolute atomic E-state index is 0.0742. The number of hydrogen-bond donors (Lipinski definition) is 2. The molecule has 4 heteroatoms. The van der Waals surface area contributed by atoms with Gasteiger partial charge in [0.25, 0.3) is 0 Å². The fourth-order valence-corrected chi connectivity index (χ4v) is 3.17. The van der Waals surface area contributed by atoms with Crippen LogP contribution in [0, 0.1) is 0 Å². The molecule has 1 aliphatic heterocycles. The zero-order valence-corrected chi connectivity index (χ0v) is 16.7. The molecule has 1 unspecified atom stereocenters. The molecule has 0 fully saturated rings. The van der Waals surface area contributed by atoms with Crippen molar-refractivity contribution < 1.29 is 19.7 Å². The van der Waals surface area contributed by atoms with Crippen molar-refractivity contribution in [3.05, 3.63) is 63.8 Å². The van der Waals surface area contributed by atoms with Crippen LogP contribution in [0.5, 0.6) is 5.75 Å². The molecule has 0 bridgehead atoms. The average Bonchev–Trinajstić information content (AvgIpc) is 2.88. The monoisotopic (exact) mass is 370 g/mol. The number of aromatic hydroxyl groups is 1. The van der Waals surface area contributed by atoms with Crippen molar-refractivity contribution in [1.82, 2.24) is 0 Å². The third kappa shape index (κ3) is 5.83. The molecule has 27 heavy (non-hydrogen) atoms. The molecule has 0 radical (unpaired) electrons. The molecule has 4 nitrogen and oxygen atoms in total. The van der Waals surface area contributed by atoms with Crippen LogP contribution in [-0.4, -0.2) is 16.2 Å². The number of aliphatic hydroxyl groups is 1. The molecule has 0 spiro atoms. The first-order valence-corrected chi connectivity index (χ1v) is 9.48. The van der Waals surface area contributed by atoms with Gasteiger partial charge >= 0.3 is 5.97 Å². The first-order valence-electron chi connectivity index (χ1n) is 9.48. The molecular formula is C23H30O4. The molecule has 1 heterocycles. The summed E-state index contributed by atoms with van der Waals surface area (Å²) < 4.78 is 4.85. The van der Waals surface area contributed by atoms with E-state index in [-0.39, 0.29) is 5.75 Å². The molecule has 0 amide bonds. The predicted octanol–water partition coefficient (Wildman–Crippen LogP) is 5.52. The van der Waals surface area contributed by atoms with Gasteiger partial charge in [0.2, 0.25) is 6.29 Å². The van der Waals surface area contributed by atoms with Crippen LogP contribution >= 0.6 is 0 Å². The summed E-state index contributed by atoms with van der Waals surface area (Å²) >= 11 is 0. The lowest BCUT2D eigenvalue weighted by Crippen LogP contribution is -1.99. The predicted molar refractivity (Wildman–Crippen MR) is 108 cm³/mol. The maximum Gasteiger partial charge on any atom is 0.341 e. The summed E-state index contributed by atoms with van der Waals surface area (Å²) in [7, 11) is 0. The summed E-state index contributed by atoms with van der Waals surface area (Å²) in [6.07, 6.45) is 9.83. The SMILES string of the molecule is CC(C)=CCCC(C)=CCCC(C)=CCc1c(O)ccc2c1C(O)OC2=O. The zero-order chi connectivity index (χ0) is 20.0. The van der Waals surface area contributed by atoms with Gasteiger partial charge in [0.15, 0.2) is 0 Å². The Balaban J connectivity index is 1.95. The molecule has 1 aromatic carbocycles. The summed E-state index contributed by atoms with van der Waals surface area (Å²) in [5.74, 6) is -0.474. The fourth-order valence-electron chi connectivity index (χ4n) is 3.17. The van der Waals surface area contributed by atoms with Crippen molar-refractivity contribution in [1.29, 1.82) is 0 Å². The van der Waals surface area contributed by atoms with Gasteiger partial charge in [-0.25, -0.2) is 4.79 Å². The highest BCUT2D eigenvalue weighted by Crippen LogP contribution is 2.36. The number of ether oxygens (including phenoxy) is 1. The van der Waals surface area contributed by atoms with E-state index in [2.05, 4.69) is 39.8 Å². The number of benzene rings is 1. The van der Waals surface area contributed by atoms with Crippen molar-refractivity contribution >= 4 is 5.97 Å². The minimum atomic E-state index is -1.30. The molecule has 2 rings (SSSR count). The van der Waals surface area contributed by atoms with Gasteiger partial charge in [-0.05, 0) is 71.9 Å². The average molecular weight is 370 g/mol. The Morgan fingerprint density at radius 3 is 2.33 bits per heavy atom. The standard InChI is InChI=1S/C23H30O4/c1-15(2)7-5-8-16(3)9-6-10-17(4)11-12-18-20(24)14-13-19-21(18)23(26)27-22(19)25/h7,9,11,13-14,23-24,26H,5-6,8,10,12H2,1-4H3. The number of aliphatic hydroxyl groups excluding tert-OH is 1. The van der Waals surface area contributed by atoms with E-state index < -0.39 is 12.3 Å². The van der Waals surface area contributed by atoms with Crippen LogP contribution in [0.15, 0.2) is 47.1 Å². The van der Waals surface area contributed by atoms with E-state index in [0.29, 0.717) is 23.1 Å². The van der Waals surface area contributed by atoms with Crippen LogP contribution < -0.4 is 0 Å². The Labute approximate surface area is 161 Å². The lowest BCUT2D eigenvalue weighted by atomic mass is 9.97. The Bertz CT molecular complexity index is 780. The Morgan fingerprint density at radius 1 is 1.04 bits per heavy atom. The number of rotatable bonds is 8. The first kappa shape index (κ1) is 21.0. The smallest absolute Gasteiger partial charge is 0.341 e. The van der Waals surface area contributed by atoms with Crippen LogP contribution in [-0.2, 0) is 11.2 Å². The highest BCUT2D eigenvalue weighted by Gasteiger charge is 2.32. The largest absolute Gasteiger partial charge is 0.508 e. The van der Waals surface area contributed by atoms with Crippen molar-refractivity contribution in [3.63, 3.8) is 0 Å². The number of hydrogen-bond acceptors (Lipinski definition) is 4. The zero-order valence-electron chi connectivity index (χ0n) is 16.7. The van der Waals surface area contributed by atoms with Crippen molar-refractivity contribution in [2.75, 3.05) is 0 Å². The summed E-state index contributed by atoms with van der Waals surface area (Å²) in [5.41, 5.74) is 5.24. The van der Waals surface area contributed by atoms with Crippen molar-refractivity contribution in [2.24, 2.45) is 0 Å². The molecule has 0 saturated carbocycles. The first-order chi connectivity index (χ1) is 12.8. The second kappa shape index (κ2) is 9.56. The second-order valence-corrected chi connectivity index (χ2v) is 7.45. The summed E-state index contributed by atoms with van der Waals surface area (Å²) in [4.78, 5) is 11.7. The van der Waals surface area contributed by atoms with Crippen molar-refractivity contribution in [2.45, 2.75) is 66.1 Å². The Kier molecular flexibility index (Phi) is 7.43. The quantitative estimate of drug-likeness (QED) is 0.467. The lowest BCUT2D eigenvalue weighted by Gasteiger charge is -2.10. The van der Waals surface area contributed by atoms with Gasteiger partial charge in [-0.15, -0.1) is 0 Å². The molecule has 146 valence electrons. The van der Waals surface area contributed by atoms with E-state index in [1.165, 1.54) is 28.9 Å². The number of fused-ring (bicyclic) bond motifs is 1. The van der Waals surface area contributed by atoms with Crippen molar-refractivity contribution in [3.8, 4) is 5.75 Å². The van der Waals surface area contributed by atoms with Crippen LogP contribution in [0.25, 0.3) is 0 Å². The molecule has 1 aliphatic rings. The normalized spacial score (nSPS) is 16.9. The van der Waals surface area contributed by atoms with E-state index in [1.807, 2.05) is 6.08 Å². The molecular weight excluding hydrogens is 340 g/mol. The maximum absolute atomic E-state index is 11.7. The van der Waals surface area contributed by atoms with Gasteiger partial charge in [0.1, 0.15) is 5.75 Å². The summed E-state index contributed by atoms with van der Waals surface area (Å²) in [6, 6.07) is 2.97. The number of cyclic esters (lactones) is 1. The van der Waals surface area contributed by atoms with Gasteiger partial charge in [-0.2, -0.15) is 0 Å². The maximum atomic E-state index is 11.7. The third-order valence-corrected chi connectivity index (χ3v) is 4.80. The van der Waals surface area contributed by atoms with E-state index >= 15 is 0 Å². The second-order valence-electron chi connectivity index (χ2n) is 7.45. The fraction of sp³-hybridized carbons (Fsp3) is 0.435. The van der Waals surface area contributed by atoms with Gasteiger partial charge in [-0.1, -0.05) is 34.9 Å². The number of allylic oxidation sites excluding steroid dienone is 6. The van der Waals surface area contributed by atoms with Crippen LogP contribution in [0.1, 0.15) is 81.2 Å². The van der Waals surface area contributed by atoms with E-state index in [0.717, 1.165) is 25.7 Å². The summed E-state index contributed by atoms with van der Waals surface area (Å²) in [6.45, 7) is 8.47. The van der Waals surface area contributed by atoms with Crippen LogP contribution in [0.4, 0.5) is 0 Å². The molecule has 2 N–H and O–H groups in total. The minimum Gasteiger partial charge on any atom is -0.508 e. The van der Waals surface area contributed by atoms with E-state index in [1.54, 1.807) is 0 Å². The molecule has 0 aliphatic carbocycles. The number of phenols is 1. The lowest BCUT2D eigenvalue weighted by molar-refractivity contribution is -0.0551. The molecule has 0 aromatic heterocycles.